The number of carbonyl (C=O) groups is 3. The second kappa shape index (κ2) is 50.9. The standard InChI is InChI=1S/C56H89N2O20P.CH4/c1-64-79(62,63)78-21-9-3-2-8-19-57-55(60)17-22-65-24-26-67-28-30-69-32-34-71-36-38-73-40-42-75-44-46-77-47-45-76-43-41-74-39-37-72-35-33-70-31-29-68-27-25-66-23-18-56(61)58-20-16-54(59)53-48-51-12-5-4-10-49(51)14-15-50-11-6-7-13-52(50)53;/h4-7,10-13,53H,2-3,8-9,16-48H2,1H3,(H,57,60)(H,58,61)(H,62,63);1H4. The van der Waals surface area contributed by atoms with Crippen LogP contribution in [0.5, 0.6) is 0 Å². The van der Waals surface area contributed by atoms with E-state index in [0.29, 0.717) is 185 Å². The normalized spacial score (nSPS) is 13.4. The summed E-state index contributed by atoms with van der Waals surface area (Å²) >= 11 is 0. The third-order valence-corrected chi connectivity index (χ3v) is 12.5. The largest absolute Gasteiger partial charge is 0.471 e. The van der Waals surface area contributed by atoms with Crippen LogP contribution in [0.25, 0.3) is 0 Å². The third kappa shape index (κ3) is 39.6. The summed E-state index contributed by atoms with van der Waals surface area (Å²) in [5, 5.41) is 5.70. The quantitative estimate of drug-likeness (QED) is 0.0454. The van der Waals surface area contributed by atoms with Gasteiger partial charge >= 0.3 is 7.82 Å². The Kier molecular flexibility index (Phi) is 46.0. The van der Waals surface area contributed by atoms with Crippen LogP contribution >= 0.6 is 7.82 Å². The minimum atomic E-state index is -3.90. The molecule has 1 aliphatic rings. The van der Waals surface area contributed by atoms with E-state index in [2.05, 4.69) is 27.0 Å². The van der Waals surface area contributed by atoms with Gasteiger partial charge in [0.2, 0.25) is 11.8 Å². The molecule has 2 unspecified atom stereocenters. The number of unbranched alkanes of at least 4 members (excludes halogenated alkanes) is 3. The van der Waals surface area contributed by atoms with Gasteiger partial charge in [0.1, 0.15) is 5.78 Å². The highest BCUT2D eigenvalue weighted by molar-refractivity contribution is 7.47. The predicted octanol–water partition coefficient (Wildman–Crippen LogP) is 4.87. The Bertz CT molecular complexity index is 1970. The summed E-state index contributed by atoms with van der Waals surface area (Å²) in [4.78, 5) is 46.8. The van der Waals surface area contributed by atoms with E-state index in [0.717, 1.165) is 48.6 Å². The molecule has 0 saturated carbocycles. The molecule has 0 radical (unpaired) electrons. The molecule has 80 heavy (non-hydrogen) atoms. The molecule has 3 rings (SSSR count). The number of hydrogen-bond donors (Lipinski definition) is 3. The molecule has 3 N–H and O–H groups in total. The fraction of sp³-hybridized carbons (Fsp3) is 0.702. The molecular weight excluding hydrogens is 1060 g/mol. The predicted molar refractivity (Wildman–Crippen MR) is 299 cm³/mol. The minimum Gasteiger partial charge on any atom is -0.379 e. The van der Waals surface area contributed by atoms with Gasteiger partial charge in [-0.1, -0.05) is 68.5 Å². The number of carbonyl (C=O) groups excluding carboxylic acids is 3. The van der Waals surface area contributed by atoms with Crippen molar-refractivity contribution in [3.63, 3.8) is 0 Å². The maximum Gasteiger partial charge on any atom is 0.471 e. The molecule has 0 aromatic heterocycles. The van der Waals surface area contributed by atoms with E-state index in [9.17, 15) is 18.9 Å². The van der Waals surface area contributed by atoms with Crippen molar-refractivity contribution in [3.05, 3.63) is 70.8 Å². The van der Waals surface area contributed by atoms with Gasteiger partial charge < -0.3 is 77.1 Å². The van der Waals surface area contributed by atoms with Crippen LogP contribution in [0.1, 0.15) is 80.5 Å². The monoisotopic (exact) mass is 1160 g/mol. The molecular formula is C57H93N2O20P. The van der Waals surface area contributed by atoms with E-state index in [-0.39, 0.29) is 70.0 Å². The topological polar surface area (TPSA) is 251 Å². The molecule has 23 heteroatoms. The highest BCUT2D eigenvalue weighted by Gasteiger charge is 2.25. The fourth-order valence-electron chi connectivity index (χ4n) is 7.27. The van der Waals surface area contributed by atoms with Gasteiger partial charge in [0, 0.05) is 56.5 Å². The van der Waals surface area contributed by atoms with Crippen LogP contribution in [-0.4, -0.2) is 221 Å². The lowest BCUT2D eigenvalue weighted by Gasteiger charge is -2.20. The SMILES string of the molecule is C.COP(=O)(O)OCCCCCCNC(=O)CCOCCOCCOCCOCCOCCOCCOCCOCCOCCOCCOCCOCCOCCC(=O)NCCC(=O)C1Cc2ccccc2C#Cc2ccccc21. The van der Waals surface area contributed by atoms with Crippen LogP contribution < -0.4 is 10.6 Å². The number of phosphoric ester groups is 1. The number of hydrogen-bond acceptors (Lipinski definition) is 19. The average molecular weight is 1160 g/mol. The second-order valence-electron chi connectivity index (χ2n) is 17.5. The Balaban J connectivity index is 0.0000219. The smallest absolute Gasteiger partial charge is 0.379 e. The Hall–Kier alpha value is -3.80. The zero-order chi connectivity index (χ0) is 56.4. The van der Waals surface area contributed by atoms with Gasteiger partial charge in [-0.05, 0) is 42.5 Å². The average Bonchev–Trinajstić information content (AvgIpc) is 3.44. The second-order valence-corrected chi connectivity index (χ2v) is 19.1. The van der Waals surface area contributed by atoms with E-state index < -0.39 is 7.82 Å². The first-order valence-corrected chi connectivity index (χ1v) is 29.1. The summed E-state index contributed by atoms with van der Waals surface area (Å²) in [6.45, 7) is 12.2. The summed E-state index contributed by atoms with van der Waals surface area (Å²) < 4.78 is 91.9. The van der Waals surface area contributed by atoms with Crippen LogP contribution in [0.4, 0.5) is 0 Å². The van der Waals surface area contributed by atoms with E-state index >= 15 is 0 Å². The minimum absolute atomic E-state index is 0. The number of amides is 2. The first-order chi connectivity index (χ1) is 38.8. The van der Waals surface area contributed by atoms with E-state index in [1.807, 2.05) is 48.5 Å². The Morgan fingerprint density at radius 2 is 0.812 bits per heavy atom. The fourth-order valence-corrected chi connectivity index (χ4v) is 7.74. The van der Waals surface area contributed by atoms with Crippen molar-refractivity contribution in [2.75, 3.05) is 199 Å². The van der Waals surface area contributed by atoms with E-state index in [4.69, 9.17) is 71.0 Å². The molecule has 2 aromatic rings. The number of benzene rings is 2. The first kappa shape index (κ1) is 72.3. The Morgan fingerprint density at radius 3 is 1.24 bits per heavy atom. The number of ether oxygens (including phenoxy) is 13. The van der Waals surface area contributed by atoms with Crippen LogP contribution in [0.3, 0.4) is 0 Å². The van der Waals surface area contributed by atoms with Crippen LogP contribution in [-0.2, 0) is 96.0 Å². The van der Waals surface area contributed by atoms with Crippen molar-refractivity contribution in [1.29, 1.82) is 0 Å². The van der Waals surface area contributed by atoms with Crippen molar-refractivity contribution >= 4 is 25.4 Å². The zero-order valence-corrected chi connectivity index (χ0v) is 47.4. The molecule has 2 amide bonds. The van der Waals surface area contributed by atoms with Gasteiger partial charge in [-0.2, -0.15) is 0 Å². The first-order valence-electron chi connectivity index (χ1n) is 27.6. The highest BCUT2D eigenvalue weighted by atomic mass is 31.2. The van der Waals surface area contributed by atoms with Crippen molar-refractivity contribution in [3.8, 4) is 11.8 Å². The van der Waals surface area contributed by atoms with Gasteiger partial charge in [-0.15, -0.1) is 0 Å². The lowest BCUT2D eigenvalue weighted by atomic mass is 9.82. The summed E-state index contributed by atoms with van der Waals surface area (Å²) in [6, 6.07) is 15.7. The third-order valence-electron chi connectivity index (χ3n) is 11.5. The molecule has 0 spiro atoms. The number of nitrogens with one attached hydrogen (secondary N) is 2. The summed E-state index contributed by atoms with van der Waals surface area (Å²) in [7, 11) is -2.78. The molecule has 0 saturated heterocycles. The summed E-state index contributed by atoms with van der Waals surface area (Å²) in [5.74, 6) is 6.01. The Labute approximate surface area is 475 Å². The number of phosphoric acid groups is 1. The maximum absolute atomic E-state index is 13.4. The lowest BCUT2D eigenvalue weighted by molar-refractivity contribution is -0.123. The molecule has 0 heterocycles. The van der Waals surface area contributed by atoms with Gasteiger partial charge in [-0.3, -0.25) is 23.4 Å². The van der Waals surface area contributed by atoms with Gasteiger partial charge in [0.15, 0.2) is 0 Å². The molecule has 1 aliphatic carbocycles. The van der Waals surface area contributed by atoms with Gasteiger partial charge in [0.25, 0.3) is 0 Å². The summed E-state index contributed by atoms with van der Waals surface area (Å²) in [5.41, 5.74) is 3.79. The van der Waals surface area contributed by atoms with Crippen molar-refractivity contribution in [2.24, 2.45) is 0 Å². The molecule has 2 atom stereocenters. The molecule has 2 aromatic carbocycles. The van der Waals surface area contributed by atoms with Crippen LogP contribution in [0, 0.1) is 11.8 Å². The van der Waals surface area contributed by atoms with Crippen LogP contribution in [0.2, 0.25) is 0 Å². The van der Waals surface area contributed by atoms with Crippen LogP contribution in [0.15, 0.2) is 48.5 Å². The van der Waals surface area contributed by atoms with Crippen molar-refractivity contribution in [2.45, 2.75) is 64.7 Å². The number of ketones is 1. The summed E-state index contributed by atoms with van der Waals surface area (Å²) in [6.07, 6.45) is 4.44. The molecule has 0 fully saturated rings. The van der Waals surface area contributed by atoms with Gasteiger partial charge in [-0.25, -0.2) is 4.57 Å². The maximum atomic E-state index is 13.4. The number of fused-ring (bicyclic) bond motifs is 2. The number of rotatable bonds is 55. The molecule has 22 nitrogen and oxygen atoms in total. The molecule has 0 bridgehead atoms. The van der Waals surface area contributed by atoms with E-state index in [1.165, 1.54) is 0 Å². The van der Waals surface area contributed by atoms with Crippen molar-refractivity contribution in [1.82, 2.24) is 10.6 Å². The lowest BCUT2D eigenvalue weighted by Crippen LogP contribution is -2.29. The van der Waals surface area contributed by atoms with Crippen molar-refractivity contribution < 1.29 is 94.5 Å². The highest BCUT2D eigenvalue weighted by Crippen LogP contribution is 2.42. The number of Topliss-reactive ketones (excluding diaryl/α,β-unsaturated/α-hetero) is 1. The zero-order valence-electron chi connectivity index (χ0n) is 46.5. The molecule has 0 aliphatic heterocycles. The molecule has 456 valence electrons. The van der Waals surface area contributed by atoms with E-state index in [1.54, 1.807) is 0 Å². The van der Waals surface area contributed by atoms with Gasteiger partial charge in [0.05, 0.1) is 178 Å². The Morgan fingerprint density at radius 1 is 0.463 bits per heavy atom.